The molecular weight excluding hydrogens is 208 g/mol. The van der Waals surface area contributed by atoms with Gasteiger partial charge in [0, 0.05) is 19.2 Å². The van der Waals surface area contributed by atoms with Crippen LogP contribution in [0, 0.1) is 0 Å². The number of nitrogens with two attached hydrogens (primary N) is 1. The molecule has 0 aliphatic heterocycles. The number of anilines is 1. The number of nitrogen functional groups attached to an aromatic ring is 1. The second-order valence-corrected chi connectivity index (χ2v) is 3.63. The summed E-state index contributed by atoms with van der Waals surface area (Å²) < 4.78 is 4.55. The van der Waals surface area contributed by atoms with Crippen molar-refractivity contribution >= 4 is 11.8 Å². The predicted octanol–water partition coefficient (Wildman–Crippen LogP) is -0.0505. The monoisotopic (exact) mass is 224 g/mol. The van der Waals surface area contributed by atoms with Crippen molar-refractivity contribution in [2.24, 2.45) is 0 Å². The van der Waals surface area contributed by atoms with Crippen molar-refractivity contribution in [3.05, 3.63) is 17.6 Å². The number of likely N-dealkylation sites (N-methyl/N-ethyl adjacent to an activating group) is 1. The molecule has 0 saturated carbocycles. The van der Waals surface area contributed by atoms with Gasteiger partial charge in [-0.3, -0.25) is 0 Å². The van der Waals surface area contributed by atoms with Gasteiger partial charge < -0.3 is 15.4 Å². The Kier molecular flexibility index (Phi) is 4.19. The minimum absolute atomic E-state index is 0.163. The summed E-state index contributed by atoms with van der Waals surface area (Å²) in [5, 5.41) is 0. The predicted molar refractivity (Wildman–Crippen MR) is 60.0 cm³/mol. The molecule has 0 aliphatic carbocycles. The minimum Gasteiger partial charge on any atom is -0.465 e. The van der Waals surface area contributed by atoms with Crippen LogP contribution in [0.5, 0.6) is 0 Å². The average Bonchev–Trinajstić information content (AvgIpc) is 2.25. The molecule has 1 heterocycles. The number of esters is 1. The number of methoxy groups -OCH3 is 1. The maximum absolute atomic E-state index is 11.2. The van der Waals surface area contributed by atoms with Crippen LogP contribution in [-0.4, -0.2) is 48.6 Å². The molecule has 0 aliphatic rings. The lowest BCUT2D eigenvalue weighted by molar-refractivity contribution is 0.0601. The Hall–Kier alpha value is -1.69. The van der Waals surface area contributed by atoms with Gasteiger partial charge in [0.15, 0.2) is 0 Å². The number of hydrogen-bond acceptors (Lipinski definition) is 6. The summed E-state index contributed by atoms with van der Waals surface area (Å²) in [7, 11) is 5.22. The Morgan fingerprint density at radius 2 is 2.25 bits per heavy atom. The highest BCUT2D eigenvalue weighted by Gasteiger charge is 2.12. The van der Waals surface area contributed by atoms with Crippen LogP contribution < -0.4 is 5.73 Å². The highest BCUT2D eigenvalue weighted by Crippen LogP contribution is 2.08. The fourth-order valence-electron chi connectivity index (χ4n) is 1.14. The first-order valence-corrected chi connectivity index (χ1v) is 4.89. The molecule has 0 saturated heterocycles. The quantitative estimate of drug-likeness (QED) is 0.722. The van der Waals surface area contributed by atoms with Crippen LogP contribution in [0.25, 0.3) is 0 Å². The smallest absolute Gasteiger partial charge is 0.343 e. The molecule has 6 nitrogen and oxygen atoms in total. The first kappa shape index (κ1) is 12.4. The summed E-state index contributed by atoms with van der Waals surface area (Å²) in [4.78, 5) is 21.4. The van der Waals surface area contributed by atoms with Crippen LogP contribution in [0.4, 0.5) is 5.82 Å². The lowest BCUT2D eigenvalue weighted by Crippen LogP contribution is -2.17. The second kappa shape index (κ2) is 5.41. The molecule has 88 valence electrons. The van der Waals surface area contributed by atoms with Gasteiger partial charge in [-0.25, -0.2) is 14.8 Å². The lowest BCUT2D eigenvalue weighted by Gasteiger charge is -2.09. The van der Waals surface area contributed by atoms with Crippen LogP contribution in [0.1, 0.15) is 16.2 Å². The summed E-state index contributed by atoms with van der Waals surface area (Å²) in [6.07, 6.45) is 2.10. The maximum Gasteiger partial charge on any atom is 0.343 e. The van der Waals surface area contributed by atoms with Gasteiger partial charge in [-0.05, 0) is 14.1 Å². The highest BCUT2D eigenvalue weighted by molar-refractivity contribution is 5.93. The third-order valence-electron chi connectivity index (χ3n) is 2.06. The number of carbonyl (C=O) groups excluding carboxylic acids is 1. The molecule has 0 spiro atoms. The first-order valence-electron chi connectivity index (χ1n) is 4.89. The molecule has 6 heteroatoms. The van der Waals surface area contributed by atoms with Gasteiger partial charge in [-0.15, -0.1) is 0 Å². The summed E-state index contributed by atoms with van der Waals surface area (Å²) in [5.74, 6) is 0.270. The van der Waals surface area contributed by atoms with E-state index >= 15 is 0 Å². The van der Waals surface area contributed by atoms with Crippen molar-refractivity contribution in [2.75, 3.05) is 33.5 Å². The zero-order chi connectivity index (χ0) is 12.1. The van der Waals surface area contributed by atoms with Crippen LogP contribution in [-0.2, 0) is 11.2 Å². The van der Waals surface area contributed by atoms with Crippen LogP contribution in [0.2, 0.25) is 0 Å². The van der Waals surface area contributed by atoms with Crippen LogP contribution in [0.15, 0.2) is 6.20 Å². The molecule has 0 aromatic carbocycles. The first-order chi connectivity index (χ1) is 7.54. The third-order valence-corrected chi connectivity index (χ3v) is 2.06. The molecule has 2 N–H and O–H groups in total. The van der Waals surface area contributed by atoms with Gasteiger partial charge in [-0.1, -0.05) is 0 Å². The van der Waals surface area contributed by atoms with E-state index in [-0.39, 0.29) is 11.4 Å². The molecule has 1 aromatic heterocycles. The molecule has 1 rings (SSSR count). The molecule has 16 heavy (non-hydrogen) atoms. The topological polar surface area (TPSA) is 81.3 Å². The van der Waals surface area contributed by atoms with E-state index in [4.69, 9.17) is 5.73 Å². The average molecular weight is 224 g/mol. The highest BCUT2D eigenvalue weighted by atomic mass is 16.5. The molecular formula is C10H16N4O2. The van der Waals surface area contributed by atoms with Gasteiger partial charge in [0.1, 0.15) is 17.2 Å². The second-order valence-electron chi connectivity index (χ2n) is 3.63. The minimum atomic E-state index is -0.517. The van der Waals surface area contributed by atoms with Crippen LogP contribution >= 0.6 is 0 Å². The van der Waals surface area contributed by atoms with Crippen molar-refractivity contribution < 1.29 is 9.53 Å². The van der Waals surface area contributed by atoms with Crippen molar-refractivity contribution in [3.63, 3.8) is 0 Å². The van der Waals surface area contributed by atoms with Gasteiger partial charge >= 0.3 is 5.97 Å². The maximum atomic E-state index is 11.2. The fraction of sp³-hybridized carbons (Fsp3) is 0.500. The Balaban J connectivity index is 2.78. The Morgan fingerprint density at radius 3 is 2.75 bits per heavy atom. The van der Waals surface area contributed by atoms with E-state index < -0.39 is 5.97 Å². The van der Waals surface area contributed by atoms with E-state index in [1.165, 1.54) is 13.3 Å². The third kappa shape index (κ3) is 3.16. The SMILES string of the molecule is COC(=O)c1cnc(CCN(C)C)nc1N. The van der Waals surface area contributed by atoms with Crippen molar-refractivity contribution in [3.8, 4) is 0 Å². The van der Waals surface area contributed by atoms with E-state index in [0.717, 1.165) is 6.54 Å². The van der Waals surface area contributed by atoms with E-state index in [1.54, 1.807) is 0 Å². The van der Waals surface area contributed by atoms with Gasteiger partial charge in [0.25, 0.3) is 0 Å². The number of aromatic nitrogens is 2. The van der Waals surface area contributed by atoms with E-state index in [9.17, 15) is 4.79 Å². The molecule has 0 fully saturated rings. The van der Waals surface area contributed by atoms with E-state index in [1.807, 2.05) is 19.0 Å². The van der Waals surface area contributed by atoms with Gasteiger partial charge in [0.05, 0.1) is 7.11 Å². The lowest BCUT2D eigenvalue weighted by atomic mass is 10.3. The Morgan fingerprint density at radius 1 is 1.56 bits per heavy atom. The summed E-state index contributed by atoms with van der Waals surface area (Å²) in [6, 6.07) is 0. The number of ether oxygens (including phenoxy) is 1. The number of rotatable bonds is 4. The Bertz CT molecular complexity index is 379. The molecule has 1 aromatic rings. The van der Waals surface area contributed by atoms with Gasteiger partial charge in [0.2, 0.25) is 0 Å². The molecule has 0 atom stereocenters. The zero-order valence-corrected chi connectivity index (χ0v) is 9.73. The van der Waals surface area contributed by atoms with Crippen molar-refractivity contribution in [1.82, 2.24) is 14.9 Å². The molecule has 0 radical (unpaired) electrons. The fourth-order valence-corrected chi connectivity index (χ4v) is 1.14. The number of carbonyl (C=O) groups is 1. The van der Waals surface area contributed by atoms with Crippen LogP contribution in [0.3, 0.4) is 0 Å². The summed E-state index contributed by atoms with van der Waals surface area (Å²) >= 11 is 0. The van der Waals surface area contributed by atoms with Gasteiger partial charge in [-0.2, -0.15) is 0 Å². The summed E-state index contributed by atoms with van der Waals surface area (Å²) in [6.45, 7) is 0.830. The molecule has 0 amide bonds. The number of nitrogens with zero attached hydrogens (tertiary/aromatic N) is 3. The van der Waals surface area contributed by atoms with E-state index in [0.29, 0.717) is 12.2 Å². The zero-order valence-electron chi connectivity index (χ0n) is 9.73. The Labute approximate surface area is 94.4 Å². The summed E-state index contributed by atoms with van der Waals surface area (Å²) in [5.41, 5.74) is 5.84. The van der Waals surface area contributed by atoms with E-state index in [2.05, 4.69) is 14.7 Å². The molecule has 0 bridgehead atoms. The standard InChI is InChI=1S/C10H16N4O2/c1-14(2)5-4-8-12-6-7(9(11)13-8)10(15)16-3/h6H,4-5H2,1-3H3,(H2,11,12,13). The number of hydrogen-bond donors (Lipinski definition) is 1. The largest absolute Gasteiger partial charge is 0.465 e. The molecule has 0 unspecified atom stereocenters. The van der Waals surface area contributed by atoms with Crippen molar-refractivity contribution in [2.45, 2.75) is 6.42 Å². The van der Waals surface area contributed by atoms with Crippen molar-refractivity contribution in [1.29, 1.82) is 0 Å². The normalized spacial score (nSPS) is 10.5.